The van der Waals surface area contributed by atoms with E-state index in [2.05, 4.69) is 17.9 Å². The van der Waals surface area contributed by atoms with Crippen LogP contribution in [0.3, 0.4) is 0 Å². The van der Waals surface area contributed by atoms with Crippen LogP contribution in [0.5, 0.6) is 0 Å². The number of unbranched alkanes of at least 4 members (excludes halogenated alkanes) is 1. The summed E-state index contributed by atoms with van der Waals surface area (Å²) < 4.78 is 5.42. The third-order valence-electron chi connectivity index (χ3n) is 4.92. The van der Waals surface area contributed by atoms with Gasteiger partial charge in [-0.2, -0.15) is 0 Å². The van der Waals surface area contributed by atoms with Gasteiger partial charge in [0.1, 0.15) is 6.61 Å². The van der Waals surface area contributed by atoms with E-state index in [1.165, 1.54) is 0 Å². The smallest absolute Gasteiger partial charge is 0.314 e. The van der Waals surface area contributed by atoms with Gasteiger partial charge in [0.25, 0.3) is 0 Å². The van der Waals surface area contributed by atoms with Crippen LogP contribution in [0.2, 0.25) is 0 Å². The van der Waals surface area contributed by atoms with Gasteiger partial charge in [-0.3, -0.25) is 4.79 Å². The molecule has 26 heavy (non-hydrogen) atoms. The van der Waals surface area contributed by atoms with Crippen LogP contribution in [0.25, 0.3) is 11.1 Å². The molecule has 0 fully saturated rings. The van der Waals surface area contributed by atoms with Crippen molar-refractivity contribution in [3.05, 3.63) is 59.7 Å². The Morgan fingerprint density at radius 1 is 1.00 bits per heavy atom. The van der Waals surface area contributed by atoms with Crippen molar-refractivity contribution in [3.63, 3.8) is 0 Å². The van der Waals surface area contributed by atoms with Crippen LogP contribution in [0.4, 0.5) is 0 Å². The molecule has 0 saturated heterocycles. The molecule has 0 spiro atoms. The fourth-order valence-corrected chi connectivity index (χ4v) is 3.56. The van der Waals surface area contributed by atoms with Crippen LogP contribution in [0.15, 0.2) is 48.5 Å². The summed E-state index contributed by atoms with van der Waals surface area (Å²) in [4.78, 5) is 23.6. The molecule has 1 aliphatic carbocycles. The van der Waals surface area contributed by atoms with Gasteiger partial charge < -0.3 is 20.4 Å². The van der Waals surface area contributed by atoms with Gasteiger partial charge in [0.2, 0.25) is 0 Å². The molecule has 0 amide bonds. The Morgan fingerprint density at radius 2 is 1.58 bits per heavy atom. The fraction of sp³-hybridized carbons (Fsp3) is 0.333. The van der Waals surface area contributed by atoms with Crippen LogP contribution >= 0.6 is 0 Å². The summed E-state index contributed by atoms with van der Waals surface area (Å²) in [5.41, 5.74) is 8.20. The van der Waals surface area contributed by atoms with Crippen LogP contribution in [0.1, 0.15) is 36.3 Å². The van der Waals surface area contributed by atoms with Crippen molar-refractivity contribution in [3.8, 4) is 11.1 Å². The second-order valence-corrected chi connectivity index (χ2v) is 6.58. The summed E-state index contributed by atoms with van der Waals surface area (Å²) in [6.45, 7) is 0.844. The standard InChI is InChI=1S/C21H23NO4/c22-12-6-5-11-18(20(23)24)21(25)26-13-19-16-9-3-1-7-14(16)15-8-2-4-10-17(15)19/h1-4,7-10,18-19H,5-6,11-13,22H2,(H,23,24)/t18-/m0/s1. The maximum absolute atomic E-state index is 12.3. The first kappa shape index (κ1) is 18.1. The average Bonchev–Trinajstić information content (AvgIpc) is 2.97. The van der Waals surface area contributed by atoms with Gasteiger partial charge >= 0.3 is 5.97 Å². The maximum Gasteiger partial charge on any atom is 0.314 e. The summed E-state index contributed by atoms with van der Waals surface area (Å²) in [5, 5.41) is 11.3. The number of hydrogen-bond acceptors (Lipinski definition) is 4. The molecule has 1 aliphatic rings. The first-order valence-electron chi connectivity index (χ1n) is 8.98. The average molecular weight is 353 g/mol. The minimum absolute atomic E-state index is 0.0754. The van der Waals surface area contributed by atoms with Crippen molar-refractivity contribution in [2.75, 3.05) is 13.2 Å². The van der Waals surface area contributed by atoms with Crippen LogP contribution in [-0.2, 0) is 14.3 Å². The number of fused-ring (bicyclic) bond motifs is 3. The van der Waals surface area contributed by atoms with Crippen LogP contribution < -0.4 is 10.8 Å². The second kappa shape index (κ2) is 8.15. The van der Waals surface area contributed by atoms with E-state index < -0.39 is 17.9 Å². The number of carboxylic acid groups (broad SMARTS) is 1. The van der Waals surface area contributed by atoms with E-state index >= 15 is 0 Å². The predicted octanol–water partition coefficient (Wildman–Crippen LogP) is 1.12. The maximum atomic E-state index is 12.3. The van der Waals surface area contributed by atoms with E-state index in [4.69, 9.17) is 4.74 Å². The van der Waals surface area contributed by atoms with Crippen molar-refractivity contribution < 1.29 is 25.2 Å². The first-order chi connectivity index (χ1) is 12.6. The van der Waals surface area contributed by atoms with E-state index in [-0.39, 0.29) is 18.9 Å². The first-order valence-corrected chi connectivity index (χ1v) is 8.98. The normalized spacial score (nSPS) is 13.7. The zero-order chi connectivity index (χ0) is 18.5. The van der Waals surface area contributed by atoms with E-state index in [0.29, 0.717) is 13.0 Å². The van der Waals surface area contributed by atoms with Crippen LogP contribution in [-0.4, -0.2) is 25.1 Å². The summed E-state index contributed by atoms with van der Waals surface area (Å²) in [7, 11) is 0. The van der Waals surface area contributed by atoms with Gasteiger partial charge in [0.15, 0.2) is 0 Å². The lowest BCUT2D eigenvalue weighted by molar-refractivity contribution is -0.368. The van der Waals surface area contributed by atoms with E-state index in [0.717, 1.165) is 28.7 Å². The molecule has 2 aromatic rings. The Morgan fingerprint density at radius 3 is 2.12 bits per heavy atom. The minimum atomic E-state index is -1.37. The Labute approximate surface area is 152 Å². The van der Waals surface area contributed by atoms with Crippen molar-refractivity contribution in [1.29, 1.82) is 0 Å². The topological polar surface area (TPSA) is 94.1 Å². The molecule has 0 saturated carbocycles. The number of carbonyl (C=O) groups excluding carboxylic acids is 2. The molecule has 5 nitrogen and oxygen atoms in total. The van der Waals surface area contributed by atoms with Gasteiger partial charge in [0.05, 0.1) is 18.4 Å². The van der Waals surface area contributed by atoms with E-state index in [9.17, 15) is 14.7 Å². The Bertz CT molecular complexity index is 757. The van der Waals surface area contributed by atoms with Crippen molar-refractivity contribution in [1.82, 2.24) is 0 Å². The third kappa shape index (κ3) is 3.63. The molecule has 0 unspecified atom stereocenters. The Balaban J connectivity index is 1.73. The summed E-state index contributed by atoms with van der Waals surface area (Å²) in [6.07, 6.45) is 1.63. The molecular formula is C21H23NO4. The van der Waals surface area contributed by atoms with Gasteiger partial charge in [-0.05, 0) is 41.5 Å². The molecule has 3 rings (SSSR count). The number of ether oxygens (including phenoxy) is 1. The summed E-state index contributed by atoms with van der Waals surface area (Å²) >= 11 is 0. The molecule has 0 aliphatic heterocycles. The highest BCUT2D eigenvalue weighted by Gasteiger charge is 2.30. The van der Waals surface area contributed by atoms with Gasteiger partial charge in [-0.15, -0.1) is 0 Å². The molecule has 136 valence electrons. The lowest BCUT2D eigenvalue weighted by Gasteiger charge is -2.19. The SMILES string of the molecule is [NH3+]CCCC[C@@H](C(=O)[O-])C(=O)OCC1c2ccccc2-c2ccccc21. The Hall–Kier alpha value is -2.66. The molecule has 0 radical (unpaired) electrons. The molecule has 0 aromatic heterocycles. The highest BCUT2D eigenvalue weighted by molar-refractivity contribution is 5.93. The number of rotatable bonds is 8. The largest absolute Gasteiger partial charge is 0.549 e. The number of esters is 1. The molecule has 0 heterocycles. The number of aliphatic carboxylic acids is 1. The molecule has 1 atom stereocenters. The monoisotopic (exact) mass is 353 g/mol. The molecular weight excluding hydrogens is 330 g/mol. The van der Waals surface area contributed by atoms with Gasteiger partial charge in [0, 0.05) is 5.92 Å². The quantitative estimate of drug-likeness (QED) is 0.437. The third-order valence-corrected chi connectivity index (χ3v) is 4.92. The van der Waals surface area contributed by atoms with Crippen LogP contribution in [0, 0.1) is 5.92 Å². The number of quaternary nitrogens is 1. The fourth-order valence-electron chi connectivity index (χ4n) is 3.56. The minimum Gasteiger partial charge on any atom is -0.549 e. The number of hydrogen-bond donors (Lipinski definition) is 1. The Kier molecular flexibility index (Phi) is 5.68. The number of carboxylic acids is 1. The molecule has 0 bridgehead atoms. The number of benzene rings is 2. The molecule has 2 aromatic carbocycles. The van der Waals surface area contributed by atoms with Crippen molar-refractivity contribution in [2.45, 2.75) is 25.2 Å². The molecule has 5 heteroatoms. The van der Waals surface area contributed by atoms with Crippen molar-refractivity contribution >= 4 is 11.9 Å². The second-order valence-electron chi connectivity index (χ2n) is 6.58. The zero-order valence-corrected chi connectivity index (χ0v) is 14.6. The van der Waals surface area contributed by atoms with Crippen molar-refractivity contribution in [2.24, 2.45) is 5.92 Å². The van der Waals surface area contributed by atoms with Gasteiger partial charge in [-0.25, -0.2) is 0 Å². The highest BCUT2D eigenvalue weighted by atomic mass is 16.5. The summed E-state index contributed by atoms with van der Waals surface area (Å²) in [5.74, 6) is -3.37. The van der Waals surface area contributed by atoms with E-state index in [1.807, 2.05) is 36.4 Å². The van der Waals surface area contributed by atoms with E-state index in [1.54, 1.807) is 0 Å². The molecule has 3 N–H and O–H groups in total. The summed E-state index contributed by atoms with van der Waals surface area (Å²) in [6, 6.07) is 16.1. The lowest BCUT2D eigenvalue weighted by atomic mass is 9.98. The number of carbonyl (C=O) groups is 2. The van der Waals surface area contributed by atoms with Gasteiger partial charge in [-0.1, -0.05) is 48.5 Å². The highest BCUT2D eigenvalue weighted by Crippen LogP contribution is 2.44. The lowest BCUT2D eigenvalue weighted by Crippen LogP contribution is -2.50. The zero-order valence-electron chi connectivity index (χ0n) is 14.6. The predicted molar refractivity (Wildman–Crippen MR) is 94.8 cm³/mol.